The third-order valence-corrected chi connectivity index (χ3v) is 1.04. The maximum atomic E-state index is 9.95. The summed E-state index contributed by atoms with van der Waals surface area (Å²) < 4.78 is 60.1. The number of hydrogen-bond donors (Lipinski definition) is 2. The fourth-order valence-electron chi connectivity index (χ4n) is 0.186. The van der Waals surface area contributed by atoms with Gasteiger partial charge in [-0.2, -0.15) is 16.8 Å². The Morgan fingerprint density at radius 2 is 0.889 bits per heavy atom. The van der Waals surface area contributed by atoms with Crippen LogP contribution in [0.2, 0.25) is 0 Å². The van der Waals surface area contributed by atoms with Crippen molar-refractivity contribution in [3.05, 3.63) is 0 Å². The summed E-state index contributed by atoms with van der Waals surface area (Å²) in [6, 6.07) is 0. The molecule has 2 N–H and O–H groups in total. The van der Waals surface area contributed by atoms with Crippen molar-refractivity contribution in [2.75, 3.05) is 0 Å². The molecule has 15 heteroatoms. The molecular weight excluding hydrogens is 404 g/mol. The van der Waals surface area contributed by atoms with Gasteiger partial charge in [-0.15, -0.1) is 0 Å². The van der Waals surface area contributed by atoms with E-state index in [9.17, 15) is 21.6 Å². The molecular formula is C3H18Ca4O9S2. The van der Waals surface area contributed by atoms with Crippen molar-refractivity contribution in [3.8, 4) is 0 Å². The summed E-state index contributed by atoms with van der Waals surface area (Å²) in [4.78, 5) is 9.95. The Kier molecular flexibility index (Phi) is 46.0. The molecule has 0 heterocycles. The number of rotatable bonds is 2. The van der Waals surface area contributed by atoms with Crippen molar-refractivity contribution in [3.63, 3.8) is 0 Å². The Labute approximate surface area is 226 Å². The van der Waals surface area contributed by atoms with E-state index >= 15 is 0 Å². The zero-order valence-electron chi connectivity index (χ0n) is 5.07. The summed E-state index contributed by atoms with van der Waals surface area (Å²) in [6.07, 6.45) is -2.29. The van der Waals surface area contributed by atoms with Gasteiger partial charge in [0, 0.05) is 0 Å². The number of carbonyl (C=O) groups excluding carboxylic acids is 1. The zero-order valence-corrected chi connectivity index (χ0v) is 6.70. The Morgan fingerprint density at radius 3 is 1.00 bits per heavy atom. The van der Waals surface area contributed by atoms with Gasteiger partial charge in [0.05, 0.1) is 0 Å². The summed E-state index contributed by atoms with van der Waals surface area (Å²) in [5, 5.41) is 0. The van der Waals surface area contributed by atoms with Gasteiger partial charge in [0.25, 0.3) is 0 Å². The Hall–Kier alpha value is 4.13. The molecule has 18 heavy (non-hydrogen) atoms. The van der Waals surface area contributed by atoms with E-state index < -0.39 is 27.0 Å². The first kappa shape index (κ1) is 43.2. The van der Waals surface area contributed by atoms with Gasteiger partial charge in [-0.05, 0) is 0 Å². The molecule has 0 radical (unpaired) electrons. The van der Waals surface area contributed by atoms with Crippen molar-refractivity contribution < 1.29 is 39.1 Å². The van der Waals surface area contributed by atoms with E-state index in [1.807, 2.05) is 0 Å². The molecule has 0 rings (SSSR count). The molecule has 0 saturated carbocycles. The van der Waals surface area contributed by atoms with E-state index in [1.54, 1.807) is 0 Å². The van der Waals surface area contributed by atoms with E-state index in [2.05, 4.69) is 8.37 Å². The van der Waals surface area contributed by atoms with Crippen LogP contribution in [-0.2, 0) is 29.2 Å². The minimum atomic E-state index is -5.15. The summed E-state index contributed by atoms with van der Waals surface area (Å²) in [6.45, 7) is 0. The van der Waals surface area contributed by atoms with Crippen LogP contribution in [-0.4, -0.2) is 183 Å². The van der Waals surface area contributed by atoms with Gasteiger partial charge >= 0.3 is 178 Å². The molecule has 0 atom stereocenters. The Morgan fingerprint density at radius 1 is 0.722 bits per heavy atom. The third kappa shape index (κ3) is 36.9. The monoisotopic (exact) mass is 422 g/mol. The summed E-state index contributed by atoms with van der Waals surface area (Å²) in [7, 11) is -10.3. The van der Waals surface area contributed by atoms with Crippen molar-refractivity contribution in [2.24, 2.45) is 0 Å². The normalized spacial score (nSPS) is 8.11. The van der Waals surface area contributed by atoms with E-state index in [1.165, 1.54) is 0 Å². The molecule has 0 aliphatic carbocycles. The predicted octanol–water partition coefficient (Wildman–Crippen LogP) is -3.65. The fraction of sp³-hybridized carbons (Fsp3) is 0.667. The van der Waals surface area contributed by atoms with Crippen LogP contribution in [0.25, 0.3) is 0 Å². The van der Waals surface area contributed by atoms with Gasteiger partial charge in [0.2, 0.25) is 0 Å². The average molecular weight is 423 g/mol. The van der Waals surface area contributed by atoms with Gasteiger partial charge in [0.15, 0.2) is 0 Å². The molecule has 0 bridgehead atoms. The molecule has 0 aromatic rings. The van der Waals surface area contributed by atoms with Gasteiger partial charge in [0.1, 0.15) is 0 Å². The first-order valence-electron chi connectivity index (χ1n) is 1.98. The molecule has 104 valence electrons. The van der Waals surface area contributed by atoms with Crippen LogP contribution in [0.1, 0.15) is 14.9 Å². The molecule has 0 aliphatic rings. The van der Waals surface area contributed by atoms with Crippen molar-refractivity contribution in [2.45, 2.75) is 14.9 Å². The van der Waals surface area contributed by atoms with Crippen LogP contribution in [0.3, 0.4) is 0 Å². The van der Waals surface area contributed by atoms with Crippen molar-refractivity contribution in [1.82, 2.24) is 0 Å². The van der Waals surface area contributed by atoms with E-state index in [0.29, 0.717) is 0 Å². The summed E-state index contributed by atoms with van der Waals surface area (Å²) in [5.41, 5.74) is 0. The van der Waals surface area contributed by atoms with Crippen LogP contribution in [0, 0.1) is 0 Å². The molecule has 9 nitrogen and oxygen atoms in total. The average Bonchev–Trinajstić information content (AvgIpc) is 1.49. The second-order valence-corrected chi connectivity index (χ2v) is 3.32. The second kappa shape index (κ2) is 19.2. The van der Waals surface area contributed by atoms with Crippen LogP contribution in [0.4, 0.5) is 4.79 Å². The molecule has 0 fully saturated rings. The molecule has 0 saturated heterocycles. The van der Waals surface area contributed by atoms with Gasteiger partial charge in [-0.1, -0.05) is 14.9 Å². The van der Waals surface area contributed by atoms with E-state index in [0.717, 1.165) is 0 Å². The SMILES string of the molecule is C.C.O=C(OS(=O)(=O)O)OS(=O)(=O)O.[CaH2].[CaH2].[CaH2].[CaH2]. The second-order valence-electron chi connectivity index (χ2n) is 1.27. The Bertz CT molecular complexity index is 339. The van der Waals surface area contributed by atoms with E-state index in [-0.39, 0.29) is 166 Å². The molecule has 0 spiro atoms. The minimum absolute atomic E-state index is 0. The van der Waals surface area contributed by atoms with Crippen LogP contribution in [0.5, 0.6) is 0 Å². The quantitative estimate of drug-likeness (QED) is 0.340. The van der Waals surface area contributed by atoms with Gasteiger partial charge in [-0.25, -0.2) is 4.79 Å². The fourth-order valence-corrected chi connectivity index (χ4v) is 0.641. The Balaban J connectivity index is -0.0000000403. The molecule has 0 aromatic carbocycles. The number of carbonyl (C=O) groups is 1. The molecule has 0 aromatic heterocycles. The maximum absolute atomic E-state index is 9.95. The van der Waals surface area contributed by atoms with E-state index in [4.69, 9.17) is 9.11 Å². The van der Waals surface area contributed by atoms with Crippen molar-refractivity contribution >= 4 is 178 Å². The van der Waals surface area contributed by atoms with Crippen LogP contribution < -0.4 is 0 Å². The standard InChI is InChI=1S/CH2O9S2.2CH4.4Ca.8H/c2-1(9-11(3,4)5)10-12(6,7)8;;;;;;;;;;;;;;/h(H,3,4,5)(H,6,7,8);2*1H4;;;;;;;;;;;;. The topological polar surface area (TPSA) is 144 Å². The predicted molar refractivity (Wildman–Crippen MR) is 78.3 cm³/mol. The van der Waals surface area contributed by atoms with Crippen LogP contribution in [0.15, 0.2) is 0 Å². The van der Waals surface area contributed by atoms with Crippen LogP contribution >= 0.6 is 0 Å². The first-order valence-corrected chi connectivity index (χ1v) is 4.71. The number of hydrogen-bond acceptors (Lipinski definition) is 7. The van der Waals surface area contributed by atoms with Gasteiger partial charge in [-0.3, -0.25) is 17.5 Å². The zero-order chi connectivity index (χ0) is 9.99. The molecule has 0 aliphatic heterocycles. The first-order chi connectivity index (χ1) is 5.10. The third-order valence-electron chi connectivity index (χ3n) is 0.347. The van der Waals surface area contributed by atoms with Crippen molar-refractivity contribution in [1.29, 1.82) is 0 Å². The van der Waals surface area contributed by atoms with Gasteiger partial charge < -0.3 is 0 Å². The molecule has 0 amide bonds. The molecule has 0 unspecified atom stereocenters. The summed E-state index contributed by atoms with van der Waals surface area (Å²) in [5.74, 6) is 0. The summed E-state index contributed by atoms with van der Waals surface area (Å²) >= 11 is 0.